The van der Waals surface area contributed by atoms with Gasteiger partial charge in [0.15, 0.2) is 0 Å². The van der Waals surface area contributed by atoms with Gasteiger partial charge in [-0.25, -0.2) is 4.98 Å². The van der Waals surface area contributed by atoms with Gasteiger partial charge in [0.25, 0.3) is 0 Å². The maximum absolute atomic E-state index is 12.6. The summed E-state index contributed by atoms with van der Waals surface area (Å²) in [5.41, 5.74) is 4.30. The third kappa shape index (κ3) is 9.20. The Bertz CT molecular complexity index is 1340. The minimum absolute atomic E-state index is 0.0656. The Balaban J connectivity index is 1.48. The molecule has 0 aliphatic rings. The normalized spacial score (nSPS) is 11.5. The third-order valence-corrected chi connectivity index (χ3v) is 7.58. The van der Waals surface area contributed by atoms with Crippen LogP contribution in [0, 0.1) is 19.3 Å². The first-order valence-corrected chi connectivity index (χ1v) is 14.4. The number of carbonyl (C=O) groups is 2. The number of rotatable bonds is 15. The molecule has 3 aromatic rings. The second kappa shape index (κ2) is 15.0. The maximum Gasteiger partial charge on any atom is 0.310 e. The molecule has 1 heterocycles. The smallest absolute Gasteiger partial charge is 0.310 e. The van der Waals surface area contributed by atoms with Crippen molar-refractivity contribution in [3.8, 4) is 11.6 Å². The number of carbonyl (C=O) groups excluding carboxylic acids is 1. The lowest BCUT2D eigenvalue weighted by Gasteiger charge is -2.25. The van der Waals surface area contributed by atoms with E-state index >= 15 is 0 Å². The Morgan fingerprint density at radius 1 is 0.951 bits per heavy atom. The molecule has 1 amide bonds. The van der Waals surface area contributed by atoms with Crippen LogP contribution < -0.4 is 10.1 Å². The molecule has 41 heavy (non-hydrogen) atoms. The molecule has 2 aromatic carbocycles. The molecule has 7 heteroatoms. The molecule has 0 bridgehead atoms. The van der Waals surface area contributed by atoms with E-state index in [1.54, 1.807) is 19.9 Å². The van der Waals surface area contributed by atoms with Gasteiger partial charge in [-0.2, -0.15) is 0 Å². The van der Waals surface area contributed by atoms with Gasteiger partial charge in [0, 0.05) is 18.2 Å². The number of benzene rings is 2. The Kier molecular flexibility index (Phi) is 11.5. The fourth-order valence-corrected chi connectivity index (χ4v) is 4.87. The summed E-state index contributed by atoms with van der Waals surface area (Å²) in [4.78, 5) is 28.9. The minimum atomic E-state index is -1.05. The number of phenolic OH excluding ortho intramolecular Hbond substituents is 1. The number of hydrogen-bond donors (Lipinski definition) is 3. The molecule has 218 valence electrons. The van der Waals surface area contributed by atoms with E-state index in [2.05, 4.69) is 22.4 Å². The average molecular weight is 559 g/mol. The summed E-state index contributed by atoms with van der Waals surface area (Å²) < 4.78 is 5.88. The van der Waals surface area contributed by atoms with Crippen molar-refractivity contribution in [2.75, 3.05) is 11.9 Å². The van der Waals surface area contributed by atoms with Gasteiger partial charge in [-0.3, -0.25) is 9.59 Å². The molecule has 0 atom stereocenters. The number of anilines is 1. The number of nitrogens with one attached hydrogen (secondary N) is 1. The van der Waals surface area contributed by atoms with Crippen LogP contribution in [0.2, 0.25) is 0 Å². The van der Waals surface area contributed by atoms with Gasteiger partial charge in [0.1, 0.15) is 5.75 Å². The molecule has 0 spiro atoms. The second-order valence-corrected chi connectivity index (χ2v) is 10.6. The number of aryl methyl sites for hydroxylation is 3. The predicted molar refractivity (Wildman–Crippen MR) is 164 cm³/mol. The number of hydrogen-bond acceptors (Lipinski definition) is 5. The number of carboxylic acid groups (broad SMARTS) is 1. The fraction of sp³-hybridized carbons (Fsp3) is 0.382. The highest BCUT2D eigenvalue weighted by Gasteiger charge is 2.37. The van der Waals surface area contributed by atoms with Crippen molar-refractivity contribution in [2.45, 2.75) is 72.6 Å². The topological polar surface area (TPSA) is 109 Å². The average Bonchev–Trinajstić information content (AvgIpc) is 2.95. The van der Waals surface area contributed by atoms with Gasteiger partial charge >= 0.3 is 5.97 Å². The number of amides is 1. The van der Waals surface area contributed by atoms with Crippen molar-refractivity contribution < 1.29 is 24.5 Å². The van der Waals surface area contributed by atoms with E-state index in [1.807, 2.05) is 62.4 Å². The van der Waals surface area contributed by atoms with Crippen LogP contribution in [-0.2, 0) is 16.0 Å². The Hall–Kier alpha value is -4.13. The molecule has 0 aliphatic carbocycles. The zero-order valence-electron chi connectivity index (χ0n) is 24.6. The molecule has 0 saturated carbocycles. The lowest BCUT2D eigenvalue weighted by atomic mass is 9.79. The SMILES string of the molecule is CCC(CC)(CC(=O)Nc1cccc(C=Cc2cccc(OCCCCCc3cc(C)c(O)c(C)c3)n2)c1)C(=O)O. The van der Waals surface area contributed by atoms with Crippen molar-refractivity contribution in [1.29, 1.82) is 0 Å². The van der Waals surface area contributed by atoms with Crippen LogP contribution >= 0.6 is 0 Å². The number of phenols is 1. The molecule has 1 aromatic heterocycles. The number of aliphatic carboxylic acids is 1. The van der Waals surface area contributed by atoms with Crippen molar-refractivity contribution in [1.82, 2.24) is 4.98 Å². The van der Waals surface area contributed by atoms with Crippen LogP contribution in [0.1, 0.15) is 80.3 Å². The number of aromatic nitrogens is 1. The molecule has 0 radical (unpaired) electrons. The maximum atomic E-state index is 12.6. The fourth-order valence-electron chi connectivity index (χ4n) is 4.87. The highest BCUT2D eigenvalue weighted by atomic mass is 16.5. The van der Waals surface area contributed by atoms with Crippen molar-refractivity contribution in [3.63, 3.8) is 0 Å². The van der Waals surface area contributed by atoms with E-state index in [4.69, 9.17) is 4.74 Å². The van der Waals surface area contributed by atoms with E-state index in [9.17, 15) is 19.8 Å². The molecule has 0 saturated heterocycles. The number of carboxylic acids is 1. The summed E-state index contributed by atoms with van der Waals surface area (Å²) in [6.07, 6.45) is 8.53. The van der Waals surface area contributed by atoms with Crippen LogP contribution in [-0.4, -0.2) is 33.7 Å². The summed E-state index contributed by atoms with van der Waals surface area (Å²) in [6, 6.07) is 17.2. The standard InChI is InChI=1S/C34H42N2O5/c1-5-34(6-2,33(39)40)23-30(37)35-29-15-10-13-26(22-29)17-18-28-14-11-16-31(36-28)41-19-9-7-8-12-27-20-24(3)32(38)25(4)21-27/h10-11,13-18,20-22,38H,5-9,12,19,23H2,1-4H3,(H,35,37)(H,39,40). The largest absolute Gasteiger partial charge is 0.507 e. The van der Waals surface area contributed by atoms with Crippen LogP contribution in [0.3, 0.4) is 0 Å². The first kappa shape index (κ1) is 31.4. The summed E-state index contributed by atoms with van der Waals surface area (Å²) in [5, 5.41) is 22.4. The van der Waals surface area contributed by atoms with Crippen molar-refractivity contribution in [3.05, 3.63) is 82.5 Å². The van der Waals surface area contributed by atoms with E-state index in [1.165, 1.54) is 5.56 Å². The van der Waals surface area contributed by atoms with Crippen LogP contribution in [0.5, 0.6) is 11.6 Å². The minimum Gasteiger partial charge on any atom is -0.507 e. The van der Waals surface area contributed by atoms with Gasteiger partial charge in [-0.1, -0.05) is 50.3 Å². The number of ether oxygens (including phenoxy) is 1. The number of aromatic hydroxyl groups is 1. The Labute approximate surface area is 243 Å². The van der Waals surface area contributed by atoms with Gasteiger partial charge in [-0.05, 0) is 98.9 Å². The van der Waals surface area contributed by atoms with Crippen molar-refractivity contribution >= 4 is 29.7 Å². The molecular weight excluding hydrogens is 516 g/mol. The summed E-state index contributed by atoms with van der Waals surface area (Å²) in [5.74, 6) is -0.293. The summed E-state index contributed by atoms with van der Waals surface area (Å²) in [7, 11) is 0. The zero-order chi connectivity index (χ0) is 29.8. The Morgan fingerprint density at radius 2 is 1.66 bits per heavy atom. The molecular formula is C34H42N2O5. The van der Waals surface area contributed by atoms with Gasteiger partial charge in [0.2, 0.25) is 11.8 Å². The molecule has 3 N–H and O–H groups in total. The van der Waals surface area contributed by atoms with Crippen LogP contribution in [0.25, 0.3) is 12.2 Å². The summed E-state index contributed by atoms with van der Waals surface area (Å²) in [6.45, 7) is 8.06. The van der Waals surface area contributed by atoms with Gasteiger partial charge < -0.3 is 20.3 Å². The number of unbranched alkanes of at least 4 members (excludes halogenated alkanes) is 2. The van der Waals surface area contributed by atoms with E-state index < -0.39 is 11.4 Å². The predicted octanol–water partition coefficient (Wildman–Crippen LogP) is 7.59. The molecule has 3 rings (SSSR count). The van der Waals surface area contributed by atoms with Crippen LogP contribution in [0.15, 0.2) is 54.6 Å². The van der Waals surface area contributed by atoms with E-state index in [0.717, 1.165) is 48.1 Å². The molecule has 7 nitrogen and oxygen atoms in total. The number of pyridine rings is 1. The van der Waals surface area contributed by atoms with Gasteiger partial charge in [-0.15, -0.1) is 0 Å². The number of nitrogens with zero attached hydrogens (tertiary/aromatic N) is 1. The van der Waals surface area contributed by atoms with E-state index in [-0.39, 0.29) is 12.3 Å². The molecule has 0 unspecified atom stereocenters. The van der Waals surface area contributed by atoms with Crippen LogP contribution in [0.4, 0.5) is 5.69 Å². The summed E-state index contributed by atoms with van der Waals surface area (Å²) >= 11 is 0. The van der Waals surface area contributed by atoms with Gasteiger partial charge in [0.05, 0.1) is 17.7 Å². The Morgan fingerprint density at radius 3 is 2.34 bits per heavy atom. The lowest BCUT2D eigenvalue weighted by molar-refractivity contribution is -0.151. The molecule has 0 aliphatic heterocycles. The second-order valence-electron chi connectivity index (χ2n) is 10.6. The highest BCUT2D eigenvalue weighted by Crippen LogP contribution is 2.31. The lowest BCUT2D eigenvalue weighted by Crippen LogP contribution is -2.34. The molecule has 0 fully saturated rings. The van der Waals surface area contributed by atoms with E-state index in [0.29, 0.717) is 36.8 Å². The monoisotopic (exact) mass is 558 g/mol. The van der Waals surface area contributed by atoms with Crippen molar-refractivity contribution in [2.24, 2.45) is 5.41 Å². The highest BCUT2D eigenvalue weighted by molar-refractivity contribution is 5.94. The third-order valence-electron chi connectivity index (χ3n) is 7.58. The first-order chi connectivity index (χ1) is 19.7. The quantitative estimate of drug-likeness (QED) is 0.166. The first-order valence-electron chi connectivity index (χ1n) is 14.4. The zero-order valence-corrected chi connectivity index (χ0v) is 24.6.